The van der Waals surface area contributed by atoms with Gasteiger partial charge in [0.1, 0.15) is 5.76 Å². The van der Waals surface area contributed by atoms with Crippen molar-refractivity contribution in [1.29, 1.82) is 0 Å². The van der Waals surface area contributed by atoms with Gasteiger partial charge in [-0.1, -0.05) is 34.8 Å². The van der Waals surface area contributed by atoms with E-state index in [1.54, 1.807) is 6.07 Å². The molecule has 0 atom stereocenters. The summed E-state index contributed by atoms with van der Waals surface area (Å²) >= 11 is 17.7. The minimum Gasteiger partial charge on any atom is -0.460 e. The zero-order valence-electron chi connectivity index (χ0n) is 6.70. The zero-order chi connectivity index (χ0) is 9.59. The van der Waals surface area contributed by atoms with Crippen LogP contribution in [-0.2, 0) is 0 Å². The van der Waals surface area contributed by atoms with Gasteiger partial charge in [0, 0.05) is 5.39 Å². The van der Waals surface area contributed by atoms with Crippen LogP contribution in [0.25, 0.3) is 11.0 Å². The first-order chi connectivity index (χ1) is 6.09. The van der Waals surface area contributed by atoms with E-state index in [1.807, 2.05) is 13.0 Å². The first-order valence-corrected chi connectivity index (χ1v) is 4.76. The fourth-order valence-electron chi connectivity index (χ4n) is 1.22. The molecular weight excluding hydrogens is 230 g/mol. The number of aryl methyl sites for hydroxylation is 1. The maximum Gasteiger partial charge on any atom is 0.154 e. The minimum absolute atomic E-state index is 0.444. The van der Waals surface area contributed by atoms with Gasteiger partial charge in [0.05, 0.1) is 15.1 Å². The van der Waals surface area contributed by atoms with Crippen molar-refractivity contribution in [2.75, 3.05) is 0 Å². The lowest BCUT2D eigenvalue weighted by Gasteiger charge is -1.97. The van der Waals surface area contributed by atoms with Crippen LogP contribution < -0.4 is 0 Å². The van der Waals surface area contributed by atoms with Crippen molar-refractivity contribution in [3.05, 3.63) is 33.0 Å². The molecule has 0 fully saturated rings. The van der Waals surface area contributed by atoms with E-state index in [-0.39, 0.29) is 0 Å². The largest absolute Gasteiger partial charge is 0.460 e. The Labute approximate surface area is 90.2 Å². The molecule has 0 aliphatic rings. The monoisotopic (exact) mass is 234 g/mol. The van der Waals surface area contributed by atoms with Crippen LogP contribution in [-0.4, -0.2) is 0 Å². The molecule has 13 heavy (non-hydrogen) atoms. The molecule has 2 aromatic rings. The number of hydrogen-bond acceptors (Lipinski definition) is 1. The topological polar surface area (TPSA) is 13.1 Å². The van der Waals surface area contributed by atoms with Crippen LogP contribution in [0.15, 0.2) is 16.5 Å². The Morgan fingerprint density at radius 2 is 1.77 bits per heavy atom. The quantitative estimate of drug-likeness (QED) is 0.603. The molecular formula is C9H5Cl3O. The summed E-state index contributed by atoms with van der Waals surface area (Å²) in [7, 11) is 0. The summed E-state index contributed by atoms with van der Waals surface area (Å²) in [6.07, 6.45) is 0. The summed E-state index contributed by atoms with van der Waals surface area (Å²) in [4.78, 5) is 0. The highest BCUT2D eigenvalue weighted by atomic mass is 35.5. The van der Waals surface area contributed by atoms with Gasteiger partial charge in [-0.25, -0.2) is 0 Å². The van der Waals surface area contributed by atoms with Crippen molar-refractivity contribution in [3.63, 3.8) is 0 Å². The van der Waals surface area contributed by atoms with Gasteiger partial charge in [0.2, 0.25) is 0 Å². The van der Waals surface area contributed by atoms with Crippen LogP contribution in [0.2, 0.25) is 15.1 Å². The smallest absolute Gasteiger partial charge is 0.154 e. The Morgan fingerprint density at radius 3 is 2.46 bits per heavy atom. The van der Waals surface area contributed by atoms with E-state index in [0.29, 0.717) is 20.7 Å². The number of furan rings is 1. The Bertz CT molecular complexity index is 473. The fraction of sp³-hybridized carbons (Fsp3) is 0.111. The van der Waals surface area contributed by atoms with Crippen LogP contribution >= 0.6 is 34.8 Å². The molecule has 68 valence electrons. The molecule has 0 aliphatic carbocycles. The van der Waals surface area contributed by atoms with Crippen LogP contribution in [0.4, 0.5) is 0 Å². The Morgan fingerprint density at radius 1 is 1.08 bits per heavy atom. The van der Waals surface area contributed by atoms with Gasteiger partial charge in [-0.05, 0) is 19.1 Å². The summed E-state index contributed by atoms with van der Waals surface area (Å²) in [5.41, 5.74) is 0.591. The van der Waals surface area contributed by atoms with Gasteiger partial charge in [-0.2, -0.15) is 0 Å². The van der Waals surface area contributed by atoms with E-state index in [1.165, 1.54) is 0 Å². The molecule has 0 N–H and O–H groups in total. The lowest BCUT2D eigenvalue weighted by molar-refractivity contribution is 0.578. The third-order valence-electron chi connectivity index (χ3n) is 1.77. The van der Waals surface area contributed by atoms with Crippen molar-refractivity contribution < 1.29 is 4.42 Å². The van der Waals surface area contributed by atoms with E-state index in [4.69, 9.17) is 39.2 Å². The van der Waals surface area contributed by atoms with Crippen molar-refractivity contribution >= 4 is 45.8 Å². The number of rotatable bonds is 0. The van der Waals surface area contributed by atoms with E-state index < -0.39 is 0 Å². The number of halogens is 3. The van der Waals surface area contributed by atoms with Crippen molar-refractivity contribution in [3.8, 4) is 0 Å². The molecule has 1 aromatic carbocycles. The second kappa shape index (κ2) is 3.09. The Kier molecular flexibility index (Phi) is 2.18. The maximum atomic E-state index is 5.96. The lowest BCUT2D eigenvalue weighted by Crippen LogP contribution is -1.72. The third-order valence-corrected chi connectivity index (χ3v) is 2.85. The first-order valence-electron chi connectivity index (χ1n) is 3.63. The summed E-state index contributed by atoms with van der Waals surface area (Å²) in [6, 6.07) is 3.39. The van der Waals surface area contributed by atoms with Gasteiger partial charge < -0.3 is 4.42 Å². The minimum atomic E-state index is 0.444. The molecule has 0 saturated heterocycles. The van der Waals surface area contributed by atoms with Crippen molar-refractivity contribution in [2.24, 2.45) is 0 Å². The van der Waals surface area contributed by atoms with Gasteiger partial charge in [-0.15, -0.1) is 0 Å². The predicted octanol–water partition coefficient (Wildman–Crippen LogP) is 4.70. The fourth-order valence-corrected chi connectivity index (χ4v) is 1.93. The van der Waals surface area contributed by atoms with E-state index in [2.05, 4.69) is 0 Å². The molecule has 0 radical (unpaired) electrons. The molecule has 0 spiro atoms. The number of hydrogen-bond donors (Lipinski definition) is 0. The van der Waals surface area contributed by atoms with Gasteiger partial charge >= 0.3 is 0 Å². The van der Waals surface area contributed by atoms with Gasteiger partial charge in [-0.3, -0.25) is 0 Å². The number of benzene rings is 1. The second-order valence-electron chi connectivity index (χ2n) is 2.75. The molecule has 1 aromatic heterocycles. The second-order valence-corrected chi connectivity index (χ2v) is 3.95. The average Bonchev–Trinajstić information content (AvgIpc) is 2.44. The zero-order valence-corrected chi connectivity index (χ0v) is 8.96. The predicted molar refractivity (Wildman–Crippen MR) is 56.0 cm³/mol. The molecule has 0 unspecified atom stereocenters. The Hall–Kier alpha value is -0.370. The highest BCUT2D eigenvalue weighted by Gasteiger charge is 2.11. The highest BCUT2D eigenvalue weighted by molar-refractivity contribution is 6.47. The van der Waals surface area contributed by atoms with Crippen LogP contribution in [0, 0.1) is 6.92 Å². The van der Waals surface area contributed by atoms with Crippen LogP contribution in [0.5, 0.6) is 0 Å². The molecule has 0 aliphatic heterocycles. The molecule has 0 saturated carbocycles. The normalized spacial score (nSPS) is 11.1. The lowest BCUT2D eigenvalue weighted by atomic mass is 10.2. The first kappa shape index (κ1) is 9.20. The highest BCUT2D eigenvalue weighted by Crippen LogP contribution is 2.37. The van der Waals surface area contributed by atoms with E-state index >= 15 is 0 Å². The average molecular weight is 235 g/mol. The molecule has 4 heteroatoms. The van der Waals surface area contributed by atoms with Crippen LogP contribution in [0.3, 0.4) is 0 Å². The summed E-state index contributed by atoms with van der Waals surface area (Å²) in [5.74, 6) is 0.765. The summed E-state index contributed by atoms with van der Waals surface area (Å²) in [6.45, 7) is 1.83. The summed E-state index contributed by atoms with van der Waals surface area (Å²) < 4.78 is 5.36. The third kappa shape index (κ3) is 1.41. The van der Waals surface area contributed by atoms with Gasteiger partial charge in [0.25, 0.3) is 0 Å². The van der Waals surface area contributed by atoms with Crippen molar-refractivity contribution in [1.82, 2.24) is 0 Å². The summed E-state index contributed by atoms with van der Waals surface area (Å²) in [5, 5.41) is 2.17. The van der Waals surface area contributed by atoms with E-state index in [9.17, 15) is 0 Å². The van der Waals surface area contributed by atoms with E-state index in [0.717, 1.165) is 11.1 Å². The number of fused-ring (bicyclic) bond motifs is 1. The Balaban J connectivity index is 2.95. The SMILES string of the molecule is Cc1cc2c(Cl)c(Cl)cc(Cl)c2o1. The standard InChI is InChI=1S/C9H5Cl3O/c1-4-2-5-8(12)6(10)3-7(11)9(5)13-4/h2-3H,1H3. The molecule has 2 rings (SSSR count). The molecule has 1 nitrogen and oxygen atoms in total. The molecule has 1 heterocycles. The van der Waals surface area contributed by atoms with Gasteiger partial charge in [0.15, 0.2) is 5.58 Å². The maximum absolute atomic E-state index is 5.96. The molecule has 0 bridgehead atoms. The molecule has 0 amide bonds. The van der Waals surface area contributed by atoms with Crippen LogP contribution in [0.1, 0.15) is 5.76 Å². The van der Waals surface area contributed by atoms with Crippen molar-refractivity contribution in [2.45, 2.75) is 6.92 Å².